The van der Waals surface area contributed by atoms with E-state index in [1.165, 1.54) is 0 Å². The maximum atomic E-state index is 12.3. The molecule has 1 unspecified atom stereocenters. The van der Waals surface area contributed by atoms with Gasteiger partial charge in [-0.25, -0.2) is 0 Å². The van der Waals surface area contributed by atoms with Crippen LogP contribution in [0.5, 0.6) is 5.75 Å². The second-order valence-electron chi connectivity index (χ2n) is 4.93. The standard InChI is InChI=1S/C14H20N2O3/c1-10-9-19-7-6-16(10)14(18)13(15)8-11-2-4-12(17)5-3-11/h2-5,10,13,17H,6-9,15H2,1H3/t10?,13-/m0/s1. The highest BCUT2D eigenvalue weighted by molar-refractivity contribution is 5.82. The number of nitrogens with zero attached hydrogens (tertiary/aromatic N) is 1. The molecule has 0 bridgehead atoms. The van der Waals surface area contributed by atoms with Crippen molar-refractivity contribution in [2.75, 3.05) is 19.8 Å². The van der Waals surface area contributed by atoms with Crippen molar-refractivity contribution in [1.82, 2.24) is 4.90 Å². The Morgan fingerprint density at radius 3 is 2.84 bits per heavy atom. The Kier molecular flexibility index (Phi) is 4.39. The number of carbonyl (C=O) groups is 1. The third kappa shape index (κ3) is 3.45. The van der Waals surface area contributed by atoms with E-state index in [-0.39, 0.29) is 17.7 Å². The van der Waals surface area contributed by atoms with Crippen LogP contribution in [0.15, 0.2) is 24.3 Å². The number of hydrogen-bond donors (Lipinski definition) is 2. The fourth-order valence-corrected chi connectivity index (χ4v) is 2.24. The topological polar surface area (TPSA) is 75.8 Å². The van der Waals surface area contributed by atoms with Gasteiger partial charge in [0.2, 0.25) is 5.91 Å². The fourth-order valence-electron chi connectivity index (χ4n) is 2.24. The minimum Gasteiger partial charge on any atom is -0.508 e. The van der Waals surface area contributed by atoms with E-state index in [1.54, 1.807) is 29.2 Å². The van der Waals surface area contributed by atoms with Crippen LogP contribution in [0.2, 0.25) is 0 Å². The van der Waals surface area contributed by atoms with E-state index in [0.29, 0.717) is 26.2 Å². The third-order valence-electron chi connectivity index (χ3n) is 3.36. The van der Waals surface area contributed by atoms with Crippen LogP contribution in [-0.4, -0.2) is 47.8 Å². The number of benzene rings is 1. The Hall–Kier alpha value is -1.59. The highest BCUT2D eigenvalue weighted by Gasteiger charge is 2.27. The molecule has 1 aromatic carbocycles. The number of phenolic OH excluding ortho intramolecular Hbond substituents is 1. The predicted octanol–water partition coefficient (Wildman–Crippen LogP) is 0.509. The molecule has 1 fully saturated rings. The summed E-state index contributed by atoms with van der Waals surface area (Å²) in [6, 6.07) is 6.29. The second kappa shape index (κ2) is 6.04. The van der Waals surface area contributed by atoms with Crippen LogP contribution in [-0.2, 0) is 16.0 Å². The van der Waals surface area contributed by atoms with Gasteiger partial charge in [0.25, 0.3) is 0 Å². The number of nitrogens with two attached hydrogens (primary N) is 1. The van der Waals surface area contributed by atoms with E-state index in [9.17, 15) is 9.90 Å². The summed E-state index contributed by atoms with van der Waals surface area (Å²) in [5.41, 5.74) is 6.93. The van der Waals surface area contributed by atoms with E-state index in [1.807, 2.05) is 6.92 Å². The molecule has 1 aliphatic heterocycles. The first kappa shape index (κ1) is 13.8. The van der Waals surface area contributed by atoms with Gasteiger partial charge < -0.3 is 20.5 Å². The lowest BCUT2D eigenvalue weighted by molar-refractivity contribution is -0.140. The lowest BCUT2D eigenvalue weighted by atomic mass is 10.0. The molecular weight excluding hydrogens is 244 g/mol. The smallest absolute Gasteiger partial charge is 0.240 e. The van der Waals surface area contributed by atoms with Crippen molar-refractivity contribution >= 4 is 5.91 Å². The maximum absolute atomic E-state index is 12.3. The van der Waals surface area contributed by atoms with Crippen LogP contribution < -0.4 is 5.73 Å². The summed E-state index contributed by atoms with van der Waals surface area (Å²) in [6.45, 7) is 3.70. The van der Waals surface area contributed by atoms with Crippen LogP contribution >= 0.6 is 0 Å². The number of ether oxygens (including phenoxy) is 1. The molecule has 0 aromatic heterocycles. The number of morpholine rings is 1. The maximum Gasteiger partial charge on any atom is 0.240 e. The molecule has 0 saturated carbocycles. The monoisotopic (exact) mass is 264 g/mol. The molecule has 5 nitrogen and oxygen atoms in total. The summed E-state index contributed by atoms with van der Waals surface area (Å²) in [5.74, 6) is 0.175. The molecule has 1 amide bonds. The van der Waals surface area contributed by atoms with Gasteiger partial charge in [0.05, 0.1) is 25.3 Å². The van der Waals surface area contributed by atoms with Gasteiger partial charge in [0.15, 0.2) is 0 Å². The van der Waals surface area contributed by atoms with E-state index in [0.717, 1.165) is 5.56 Å². The summed E-state index contributed by atoms with van der Waals surface area (Å²) in [7, 11) is 0. The molecule has 0 aliphatic carbocycles. The van der Waals surface area contributed by atoms with Crippen LogP contribution in [0.4, 0.5) is 0 Å². The number of aromatic hydroxyl groups is 1. The van der Waals surface area contributed by atoms with Crippen molar-refractivity contribution < 1.29 is 14.6 Å². The molecule has 5 heteroatoms. The number of phenols is 1. The molecule has 1 saturated heterocycles. The number of amides is 1. The Labute approximate surface area is 113 Å². The van der Waals surface area contributed by atoms with Crippen molar-refractivity contribution in [2.45, 2.75) is 25.4 Å². The Morgan fingerprint density at radius 2 is 2.21 bits per heavy atom. The summed E-state index contributed by atoms with van der Waals surface area (Å²) in [6.07, 6.45) is 0.475. The number of hydrogen-bond acceptors (Lipinski definition) is 4. The first-order chi connectivity index (χ1) is 9.08. The van der Waals surface area contributed by atoms with Crippen molar-refractivity contribution in [3.05, 3.63) is 29.8 Å². The van der Waals surface area contributed by atoms with Gasteiger partial charge in [-0.05, 0) is 31.0 Å². The molecule has 3 N–H and O–H groups in total. The van der Waals surface area contributed by atoms with Crippen molar-refractivity contribution in [3.8, 4) is 5.75 Å². The zero-order valence-electron chi connectivity index (χ0n) is 11.1. The minimum atomic E-state index is -0.551. The molecular formula is C14H20N2O3. The summed E-state index contributed by atoms with van der Waals surface area (Å²) in [5, 5.41) is 9.22. The van der Waals surface area contributed by atoms with Gasteiger partial charge in [-0.1, -0.05) is 12.1 Å². The highest BCUT2D eigenvalue weighted by atomic mass is 16.5. The van der Waals surface area contributed by atoms with E-state index in [2.05, 4.69) is 0 Å². The Bertz CT molecular complexity index is 433. The van der Waals surface area contributed by atoms with Crippen LogP contribution in [0.3, 0.4) is 0 Å². The average Bonchev–Trinajstić information content (AvgIpc) is 2.41. The molecule has 2 atom stereocenters. The zero-order valence-corrected chi connectivity index (χ0v) is 11.1. The van der Waals surface area contributed by atoms with Crippen molar-refractivity contribution in [1.29, 1.82) is 0 Å². The molecule has 0 spiro atoms. The molecule has 1 aliphatic rings. The number of carbonyl (C=O) groups excluding carboxylic acids is 1. The average molecular weight is 264 g/mol. The molecule has 0 radical (unpaired) electrons. The number of rotatable bonds is 3. The molecule has 2 rings (SSSR count). The summed E-state index contributed by atoms with van der Waals surface area (Å²) >= 11 is 0. The van der Waals surface area contributed by atoms with E-state index >= 15 is 0 Å². The quantitative estimate of drug-likeness (QED) is 0.834. The third-order valence-corrected chi connectivity index (χ3v) is 3.36. The molecule has 104 valence electrons. The largest absolute Gasteiger partial charge is 0.508 e. The summed E-state index contributed by atoms with van der Waals surface area (Å²) in [4.78, 5) is 14.1. The highest BCUT2D eigenvalue weighted by Crippen LogP contribution is 2.13. The predicted molar refractivity (Wildman–Crippen MR) is 71.8 cm³/mol. The van der Waals surface area contributed by atoms with Gasteiger partial charge in [0, 0.05) is 6.54 Å². The lowest BCUT2D eigenvalue weighted by Gasteiger charge is -2.35. The molecule has 1 aromatic rings. The first-order valence-corrected chi connectivity index (χ1v) is 6.49. The van der Waals surface area contributed by atoms with Gasteiger partial charge in [-0.3, -0.25) is 4.79 Å². The Balaban J connectivity index is 1.96. The van der Waals surface area contributed by atoms with Crippen LogP contribution in [0.1, 0.15) is 12.5 Å². The lowest BCUT2D eigenvalue weighted by Crippen LogP contribution is -2.53. The molecule has 1 heterocycles. The Morgan fingerprint density at radius 1 is 1.53 bits per heavy atom. The first-order valence-electron chi connectivity index (χ1n) is 6.49. The van der Waals surface area contributed by atoms with Gasteiger partial charge in [-0.2, -0.15) is 0 Å². The fraction of sp³-hybridized carbons (Fsp3) is 0.500. The van der Waals surface area contributed by atoms with Crippen molar-refractivity contribution in [3.63, 3.8) is 0 Å². The van der Waals surface area contributed by atoms with Gasteiger partial charge in [-0.15, -0.1) is 0 Å². The normalized spacial score (nSPS) is 21.2. The summed E-state index contributed by atoms with van der Waals surface area (Å²) < 4.78 is 5.31. The molecule has 19 heavy (non-hydrogen) atoms. The zero-order chi connectivity index (χ0) is 13.8. The van der Waals surface area contributed by atoms with E-state index in [4.69, 9.17) is 10.5 Å². The SMILES string of the molecule is CC1COCCN1C(=O)[C@@H](N)Cc1ccc(O)cc1. The van der Waals surface area contributed by atoms with E-state index < -0.39 is 6.04 Å². The second-order valence-corrected chi connectivity index (χ2v) is 4.93. The van der Waals surface area contributed by atoms with Gasteiger partial charge in [0.1, 0.15) is 5.75 Å². The van der Waals surface area contributed by atoms with Crippen molar-refractivity contribution in [2.24, 2.45) is 5.73 Å². The minimum absolute atomic E-state index is 0.0381. The van der Waals surface area contributed by atoms with Gasteiger partial charge >= 0.3 is 0 Å². The van der Waals surface area contributed by atoms with Crippen LogP contribution in [0, 0.1) is 0 Å². The van der Waals surface area contributed by atoms with Crippen LogP contribution in [0.25, 0.3) is 0 Å².